The molecule has 0 aliphatic rings. The number of carboxylic acid groups (broad SMARTS) is 1. The fourth-order valence-electron chi connectivity index (χ4n) is 1.47. The number of amides is 1. The molecule has 3 N–H and O–H groups in total. The molecule has 0 saturated carbocycles. The third kappa shape index (κ3) is 2.58. The Hall–Kier alpha value is -2.11. The van der Waals surface area contributed by atoms with E-state index in [-0.39, 0.29) is 11.3 Å². The van der Waals surface area contributed by atoms with E-state index < -0.39 is 23.7 Å². The van der Waals surface area contributed by atoms with Gasteiger partial charge in [-0.3, -0.25) is 4.79 Å². The van der Waals surface area contributed by atoms with Crippen LogP contribution in [0, 0.1) is 12.7 Å². The second-order valence-electron chi connectivity index (χ2n) is 4.12. The number of carbonyl (C=O) groups is 2. The molecule has 1 aromatic rings. The number of benzene rings is 1. The predicted octanol–water partition coefficient (Wildman–Crippen LogP) is 1.26. The molecular weight excluding hydrogens is 239 g/mol. The Morgan fingerprint density at radius 2 is 2.00 bits per heavy atom. The van der Waals surface area contributed by atoms with Crippen LogP contribution in [0.25, 0.3) is 0 Å². The normalized spacial score (nSPS) is 12.0. The number of aliphatic carboxylic acids is 1. The maximum atomic E-state index is 13.3. The molecule has 0 aromatic heterocycles. The molecule has 18 heavy (non-hydrogen) atoms. The Labute approximate surface area is 104 Å². The molecular formula is C12H15FN2O3. The minimum Gasteiger partial charge on any atom is -0.480 e. The van der Waals surface area contributed by atoms with Crippen molar-refractivity contribution in [3.8, 4) is 0 Å². The van der Waals surface area contributed by atoms with Crippen LogP contribution in [-0.4, -0.2) is 35.0 Å². The Bertz CT molecular complexity index is 502. The average Bonchev–Trinajstić information content (AvgIpc) is 2.30. The number of nitrogen functional groups attached to an aromatic ring is 1. The van der Waals surface area contributed by atoms with Gasteiger partial charge in [-0.1, -0.05) is 0 Å². The van der Waals surface area contributed by atoms with Gasteiger partial charge in [0.15, 0.2) is 0 Å². The minimum absolute atomic E-state index is 0.0435. The van der Waals surface area contributed by atoms with Crippen LogP contribution in [-0.2, 0) is 4.79 Å². The number of aryl methyl sites for hydroxylation is 1. The molecule has 1 aromatic carbocycles. The van der Waals surface area contributed by atoms with Crippen LogP contribution in [0.15, 0.2) is 12.1 Å². The number of anilines is 1. The summed E-state index contributed by atoms with van der Waals surface area (Å²) in [7, 11) is 1.36. The van der Waals surface area contributed by atoms with E-state index in [2.05, 4.69) is 0 Å². The number of likely N-dealkylation sites (N-methyl/N-ethyl adjacent to an activating group) is 1. The van der Waals surface area contributed by atoms with Crippen molar-refractivity contribution in [3.05, 3.63) is 29.1 Å². The van der Waals surface area contributed by atoms with Crippen molar-refractivity contribution in [2.75, 3.05) is 12.8 Å². The Morgan fingerprint density at radius 3 is 2.50 bits per heavy atom. The number of carbonyl (C=O) groups excluding carboxylic acids is 1. The van der Waals surface area contributed by atoms with Gasteiger partial charge < -0.3 is 15.7 Å². The van der Waals surface area contributed by atoms with Crippen molar-refractivity contribution in [2.45, 2.75) is 19.9 Å². The fourth-order valence-corrected chi connectivity index (χ4v) is 1.47. The standard InChI is InChI=1S/C12H15FN2O3/c1-6-4-10(14)9(13)5-8(6)11(16)15(3)7(2)12(17)18/h4-5,7H,14H2,1-3H3,(H,17,18)/t7-/m0/s1. The van der Waals surface area contributed by atoms with E-state index in [1.807, 2.05) is 0 Å². The van der Waals surface area contributed by atoms with Crippen molar-refractivity contribution in [3.63, 3.8) is 0 Å². The number of halogens is 1. The van der Waals surface area contributed by atoms with Crippen molar-refractivity contribution >= 4 is 17.6 Å². The highest BCUT2D eigenvalue weighted by atomic mass is 19.1. The van der Waals surface area contributed by atoms with Crippen LogP contribution in [0.3, 0.4) is 0 Å². The van der Waals surface area contributed by atoms with E-state index in [1.165, 1.54) is 20.0 Å². The van der Waals surface area contributed by atoms with Gasteiger partial charge in [-0.25, -0.2) is 9.18 Å². The molecule has 98 valence electrons. The molecule has 1 atom stereocenters. The summed E-state index contributed by atoms with van der Waals surface area (Å²) in [6, 6.07) is 1.39. The molecule has 0 saturated heterocycles. The van der Waals surface area contributed by atoms with Gasteiger partial charge in [-0.15, -0.1) is 0 Å². The van der Waals surface area contributed by atoms with Gasteiger partial charge in [0.25, 0.3) is 5.91 Å². The highest BCUT2D eigenvalue weighted by molar-refractivity contribution is 5.98. The molecule has 0 aliphatic carbocycles. The lowest BCUT2D eigenvalue weighted by Crippen LogP contribution is -2.40. The summed E-state index contributed by atoms with van der Waals surface area (Å²) in [6.07, 6.45) is 0. The zero-order valence-electron chi connectivity index (χ0n) is 10.4. The number of hydrogen-bond acceptors (Lipinski definition) is 3. The quantitative estimate of drug-likeness (QED) is 0.795. The van der Waals surface area contributed by atoms with Gasteiger partial charge in [-0.2, -0.15) is 0 Å². The first-order valence-electron chi connectivity index (χ1n) is 5.31. The molecule has 6 heteroatoms. The third-order valence-electron chi connectivity index (χ3n) is 2.83. The maximum Gasteiger partial charge on any atom is 0.326 e. The Balaban J connectivity index is 3.11. The SMILES string of the molecule is Cc1cc(N)c(F)cc1C(=O)N(C)[C@@H](C)C(=O)O. The Kier molecular flexibility index (Phi) is 3.90. The average molecular weight is 254 g/mol. The zero-order valence-corrected chi connectivity index (χ0v) is 10.4. The van der Waals surface area contributed by atoms with E-state index in [9.17, 15) is 14.0 Å². The molecule has 0 spiro atoms. The molecule has 1 amide bonds. The lowest BCUT2D eigenvalue weighted by molar-refractivity contribution is -0.141. The number of nitrogens with two attached hydrogens (primary N) is 1. The van der Waals surface area contributed by atoms with Gasteiger partial charge in [0.05, 0.1) is 5.69 Å². The topological polar surface area (TPSA) is 83.6 Å². The van der Waals surface area contributed by atoms with Crippen LogP contribution in [0.1, 0.15) is 22.8 Å². The van der Waals surface area contributed by atoms with E-state index in [1.54, 1.807) is 6.92 Å². The second kappa shape index (κ2) is 5.03. The van der Waals surface area contributed by atoms with Crippen molar-refractivity contribution in [1.82, 2.24) is 4.90 Å². The number of carboxylic acids is 1. The summed E-state index contributed by atoms with van der Waals surface area (Å²) in [5.41, 5.74) is 5.95. The second-order valence-corrected chi connectivity index (χ2v) is 4.12. The number of rotatable bonds is 3. The predicted molar refractivity (Wildman–Crippen MR) is 64.7 cm³/mol. The molecule has 0 unspecified atom stereocenters. The van der Waals surface area contributed by atoms with Gasteiger partial charge in [-0.05, 0) is 31.5 Å². The van der Waals surface area contributed by atoms with Crippen LogP contribution in [0.5, 0.6) is 0 Å². The third-order valence-corrected chi connectivity index (χ3v) is 2.83. The molecule has 5 nitrogen and oxygen atoms in total. The monoisotopic (exact) mass is 254 g/mol. The maximum absolute atomic E-state index is 13.3. The van der Waals surface area contributed by atoms with E-state index in [0.717, 1.165) is 11.0 Å². The van der Waals surface area contributed by atoms with Crippen molar-refractivity contribution in [2.24, 2.45) is 0 Å². The fraction of sp³-hybridized carbons (Fsp3) is 0.333. The first-order chi connectivity index (χ1) is 8.25. The first kappa shape index (κ1) is 14.0. The number of nitrogens with zero attached hydrogens (tertiary/aromatic N) is 1. The van der Waals surface area contributed by atoms with Crippen molar-refractivity contribution in [1.29, 1.82) is 0 Å². The van der Waals surface area contributed by atoms with Crippen LogP contribution >= 0.6 is 0 Å². The lowest BCUT2D eigenvalue weighted by atomic mass is 10.1. The summed E-state index contributed by atoms with van der Waals surface area (Å²) in [6.45, 7) is 2.99. The van der Waals surface area contributed by atoms with Crippen LogP contribution in [0.2, 0.25) is 0 Å². The Morgan fingerprint density at radius 1 is 1.44 bits per heavy atom. The summed E-state index contributed by atoms with van der Waals surface area (Å²) in [5, 5.41) is 8.83. The molecule has 0 radical (unpaired) electrons. The largest absolute Gasteiger partial charge is 0.480 e. The minimum atomic E-state index is -1.13. The zero-order chi connectivity index (χ0) is 14.0. The summed E-state index contributed by atoms with van der Waals surface area (Å²) in [5.74, 6) is -2.37. The molecule has 0 heterocycles. The van der Waals surface area contributed by atoms with E-state index in [4.69, 9.17) is 10.8 Å². The van der Waals surface area contributed by atoms with Gasteiger partial charge >= 0.3 is 5.97 Å². The van der Waals surface area contributed by atoms with Crippen LogP contribution < -0.4 is 5.73 Å². The summed E-state index contributed by atoms with van der Waals surface area (Å²) < 4.78 is 13.3. The highest BCUT2D eigenvalue weighted by Gasteiger charge is 2.24. The molecule has 0 aliphatic heterocycles. The van der Waals surface area contributed by atoms with Crippen LogP contribution in [0.4, 0.5) is 10.1 Å². The lowest BCUT2D eigenvalue weighted by Gasteiger charge is -2.22. The van der Waals surface area contributed by atoms with Gasteiger partial charge in [0, 0.05) is 12.6 Å². The van der Waals surface area contributed by atoms with Crippen molar-refractivity contribution < 1.29 is 19.1 Å². The highest BCUT2D eigenvalue weighted by Crippen LogP contribution is 2.19. The van der Waals surface area contributed by atoms with E-state index >= 15 is 0 Å². The van der Waals surface area contributed by atoms with Gasteiger partial charge in [0.2, 0.25) is 0 Å². The summed E-state index contributed by atoms with van der Waals surface area (Å²) in [4.78, 5) is 23.9. The molecule has 0 fully saturated rings. The summed E-state index contributed by atoms with van der Waals surface area (Å²) >= 11 is 0. The molecule has 0 bridgehead atoms. The molecule has 1 rings (SSSR count). The number of hydrogen-bond donors (Lipinski definition) is 2. The smallest absolute Gasteiger partial charge is 0.326 e. The van der Waals surface area contributed by atoms with E-state index in [0.29, 0.717) is 5.56 Å². The first-order valence-corrected chi connectivity index (χ1v) is 5.31. The van der Waals surface area contributed by atoms with Gasteiger partial charge in [0.1, 0.15) is 11.9 Å².